The Morgan fingerprint density at radius 1 is 1.22 bits per heavy atom. The average Bonchev–Trinajstić information content (AvgIpc) is 2.93. The van der Waals surface area contributed by atoms with Crippen LogP contribution in [-0.2, 0) is 11.2 Å². The predicted octanol–water partition coefficient (Wildman–Crippen LogP) is 3.50. The summed E-state index contributed by atoms with van der Waals surface area (Å²) in [4.78, 5) is 16.6. The first-order valence-electron chi connectivity index (χ1n) is 7.71. The van der Waals surface area contributed by atoms with Crippen molar-refractivity contribution in [2.75, 3.05) is 5.32 Å². The van der Waals surface area contributed by atoms with Crippen LogP contribution in [0.5, 0.6) is 0 Å². The summed E-state index contributed by atoms with van der Waals surface area (Å²) in [6, 6.07) is 10.1. The fourth-order valence-corrected chi connectivity index (χ4v) is 2.48. The van der Waals surface area contributed by atoms with Crippen LogP contribution in [-0.4, -0.2) is 20.7 Å². The third-order valence-electron chi connectivity index (χ3n) is 3.69. The minimum atomic E-state index is -0.0498. The predicted molar refractivity (Wildman–Crippen MR) is 91.4 cm³/mol. The number of aromatic nitrogens is 3. The van der Waals surface area contributed by atoms with Gasteiger partial charge >= 0.3 is 0 Å². The average molecular weight is 308 g/mol. The summed E-state index contributed by atoms with van der Waals surface area (Å²) in [5.41, 5.74) is 3.70. The van der Waals surface area contributed by atoms with Crippen molar-refractivity contribution in [3.05, 3.63) is 53.9 Å². The summed E-state index contributed by atoms with van der Waals surface area (Å²) in [5, 5.41) is 8.15. The molecule has 0 spiro atoms. The maximum atomic E-state index is 12.2. The fourth-order valence-electron chi connectivity index (χ4n) is 2.48. The van der Waals surface area contributed by atoms with E-state index in [0.717, 1.165) is 16.6 Å². The number of benzene rings is 1. The minimum absolute atomic E-state index is 0.0498. The molecule has 0 saturated carbocycles. The highest BCUT2D eigenvalue weighted by Gasteiger charge is 2.09. The molecule has 0 radical (unpaired) electrons. The molecule has 0 aliphatic carbocycles. The van der Waals surface area contributed by atoms with Crippen LogP contribution in [0.2, 0.25) is 0 Å². The maximum absolute atomic E-state index is 12.2. The van der Waals surface area contributed by atoms with Gasteiger partial charge in [-0.3, -0.25) is 4.79 Å². The Labute approximate surface area is 135 Å². The van der Waals surface area contributed by atoms with Gasteiger partial charge < -0.3 is 5.32 Å². The number of fused-ring (bicyclic) bond motifs is 1. The molecule has 3 rings (SSSR count). The van der Waals surface area contributed by atoms with E-state index >= 15 is 0 Å². The van der Waals surface area contributed by atoms with Gasteiger partial charge in [0.05, 0.1) is 24.5 Å². The van der Waals surface area contributed by atoms with E-state index in [1.54, 1.807) is 12.4 Å². The quantitative estimate of drug-likeness (QED) is 0.802. The molecule has 5 heteroatoms. The monoisotopic (exact) mass is 308 g/mol. The van der Waals surface area contributed by atoms with E-state index in [4.69, 9.17) is 0 Å². The summed E-state index contributed by atoms with van der Waals surface area (Å²) in [5.74, 6) is -0.0498. The van der Waals surface area contributed by atoms with E-state index in [2.05, 4.69) is 29.2 Å². The van der Waals surface area contributed by atoms with Crippen LogP contribution in [0.4, 0.5) is 5.69 Å². The number of rotatable bonds is 4. The first kappa shape index (κ1) is 15.2. The number of amides is 1. The molecule has 5 nitrogen and oxygen atoms in total. The van der Waals surface area contributed by atoms with Gasteiger partial charge in [-0.1, -0.05) is 29.8 Å². The number of carbonyl (C=O) groups excluding carboxylic acids is 1. The van der Waals surface area contributed by atoms with Crippen LogP contribution in [0.1, 0.15) is 31.0 Å². The molecule has 1 amide bonds. The zero-order valence-corrected chi connectivity index (χ0v) is 13.6. The minimum Gasteiger partial charge on any atom is -0.324 e. The number of hydrogen-bond acceptors (Lipinski definition) is 3. The van der Waals surface area contributed by atoms with Crippen LogP contribution < -0.4 is 5.32 Å². The van der Waals surface area contributed by atoms with Crippen molar-refractivity contribution in [3.8, 4) is 0 Å². The summed E-state index contributed by atoms with van der Waals surface area (Å²) in [6.07, 6.45) is 3.80. The van der Waals surface area contributed by atoms with Gasteiger partial charge in [0.25, 0.3) is 0 Å². The number of carbonyl (C=O) groups is 1. The van der Waals surface area contributed by atoms with Gasteiger partial charge in [0, 0.05) is 11.4 Å². The van der Waals surface area contributed by atoms with Gasteiger partial charge in [0.15, 0.2) is 5.65 Å². The Morgan fingerprint density at radius 3 is 2.65 bits per heavy atom. The molecule has 0 aliphatic rings. The molecule has 2 heterocycles. The molecule has 0 fully saturated rings. The number of anilines is 1. The molecule has 1 N–H and O–H groups in total. The first-order chi connectivity index (χ1) is 11.0. The lowest BCUT2D eigenvalue weighted by Gasteiger charge is -2.08. The lowest BCUT2D eigenvalue weighted by atomic mass is 10.1. The van der Waals surface area contributed by atoms with Gasteiger partial charge in [0.2, 0.25) is 5.91 Å². The molecule has 1 aromatic carbocycles. The Bertz CT molecular complexity index is 834. The summed E-state index contributed by atoms with van der Waals surface area (Å²) < 4.78 is 1.87. The Hall–Kier alpha value is -2.69. The third-order valence-corrected chi connectivity index (χ3v) is 3.69. The second-order valence-electron chi connectivity index (χ2n) is 6.03. The molecule has 2 aromatic heterocycles. The lowest BCUT2D eigenvalue weighted by Crippen LogP contribution is -2.14. The molecule has 118 valence electrons. The number of nitrogens with one attached hydrogen (secondary N) is 1. The molecule has 0 aliphatic heterocycles. The van der Waals surface area contributed by atoms with Crippen LogP contribution in [0.25, 0.3) is 11.0 Å². The van der Waals surface area contributed by atoms with E-state index in [0.29, 0.717) is 12.1 Å². The van der Waals surface area contributed by atoms with E-state index in [1.165, 1.54) is 5.56 Å². The number of aryl methyl sites for hydroxylation is 1. The van der Waals surface area contributed by atoms with Crippen molar-refractivity contribution in [1.29, 1.82) is 0 Å². The number of nitrogens with zero attached hydrogens (tertiary/aromatic N) is 3. The van der Waals surface area contributed by atoms with Gasteiger partial charge in [0.1, 0.15) is 0 Å². The molecule has 23 heavy (non-hydrogen) atoms. The first-order valence-corrected chi connectivity index (χ1v) is 7.71. The van der Waals surface area contributed by atoms with Gasteiger partial charge in [-0.15, -0.1) is 0 Å². The molecular formula is C18H20N4O. The number of pyridine rings is 1. The zero-order valence-electron chi connectivity index (χ0n) is 13.6. The highest BCUT2D eigenvalue weighted by Crippen LogP contribution is 2.19. The smallest absolute Gasteiger partial charge is 0.228 e. The van der Waals surface area contributed by atoms with Crippen molar-refractivity contribution in [3.63, 3.8) is 0 Å². The maximum Gasteiger partial charge on any atom is 0.228 e. The van der Waals surface area contributed by atoms with Crippen molar-refractivity contribution in [1.82, 2.24) is 14.8 Å². The summed E-state index contributed by atoms with van der Waals surface area (Å²) >= 11 is 0. The summed E-state index contributed by atoms with van der Waals surface area (Å²) in [6.45, 7) is 6.15. The standard InChI is InChI=1S/C18H20N4O/c1-12(2)22-18-15(10-20-22)9-16(11-19-18)21-17(23)8-14-6-4-13(3)5-7-14/h4-7,9-12H,8H2,1-3H3,(H,21,23). The Balaban J connectivity index is 1.73. The number of hydrogen-bond donors (Lipinski definition) is 1. The molecule has 0 unspecified atom stereocenters. The van der Waals surface area contributed by atoms with Gasteiger partial charge in [-0.05, 0) is 32.4 Å². The fraction of sp³-hybridized carbons (Fsp3) is 0.278. The van der Waals surface area contributed by atoms with Crippen LogP contribution in [0, 0.1) is 6.92 Å². The van der Waals surface area contributed by atoms with Gasteiger partial charge in [-0.25, -0.2) is 9.67 Å². The van der Waals surface area contributed by atoms with E-state index in [1.807, 2.05) is 41.9 Å². The highest BCUT2D eigenvalue weighted by atomic mass is 16.1. The van der Waals surface area contributed by atoms with Crippen molar-refractivity contribution < 1.29 is 4.79 Å². The lowest BCUT2D eigenvalue weighted by molar-refractivity contribution is -0.115. The molecule has 3 aromatic rings. The SMILES string of the molecule is Cc1ccc(CC(=O)Nc2cnc3c(cnn3C(C)C)c2)cc1. The van der Waals surface area contributed by atoms with Crippen molar-refractivity contribution >= 4 is 22.6 Å². The van der Waals surface area contributed by atoms with Crippen molar-refractivity contribution in [2.24, 2.45) is 0 Å². The van der Waals surface area contributed by atoms with E-state index < -0.39 is 0 Å². The normalized spacial score (nSPS) is 11.1. The second kappa shape index (κ2) is 6.20. The van der Waals surface area contributed by atoms with Gasteiger partial charge in [-0.2, -0.15) is 5.10 Å². The topological polar surface area (TPSA) is 59.8 Å². The van der Waals surface area contributed by atoms with Crippen LogP contribution in [0.15, 0.2) is 42.7 Å². The van der Waals surface area contributed by atoms with E-state index in [-0.39, 0.29) is 11.9 Å². The molecule has 0 saturated heterocycles. The van der Waals surface area contributed by atoms with Crippen molar-refractivity contribution in [2.45, 2.75) is 33.2 Å². The van der Waals surface area contributed by atoms with E-state index in [9.17, 15) is 4.79 Å². The Morgan fingerprint density at radius 2 is 1.96 bits per heavy atom. The Kier molecular flexibility index (Phi) is 4.10. The zero-order chi connectivity index (χ0) is 16.4. The summed E-state index contributed by atoms with van der Waals surface area (Å²) in [7, 11) is 0. The van der Waals surface area contributed by atoms with Crippen LogP contribution in [0.3, 0.4) is 0 Å². The van der Waals surface area contributed by atoms with Crippen LogP contribution >= 0.6 is 0 Å². The second-order valence-corrected chi connectivity index (χ2v) is 6.03. The largest absolute Gasteiger partial charge is 0.324 e. The third kappa shape index (κ3) is 3.39. The molecular weight excluding hydrogens is 288 g/mol. The highest BCUT2D eigenvalue weighted by molar-refractivity contribution is 5.93. The molecule has 0 atom stereocenters. The molecule has 0 bridgehead atoms.